The van der Waals surface area contributed by atoms with E-state index < -0.39 is 17.9 Å². The minimum Gasteiger partial charge on any atom is -0.481 e. The first-order valence-electron chi connectivity index (χ1n) is 12.9. The van der Waals surface area contributed by atoms with Crippen LogP contribution in [0.5, 0.6) is 0 Å². The molecule has 0 aliphatic rings. The van der Waals surface area contributed by atoms with Crippen LogP contribution < -0.4 is 0 Å². The van der Waals surface area contributed by atoms with E-state index >= 15 is 0 Å². The maximum Gasteiger partial charge on any atom is 0.303 e. The highest BCUT2D eigenvalue weighted by molar-refractivity contribution is 5.67. The average molecular weight is 471 g/mol. The minimum absolute atomic E-state index is 0.0899. The largest absolute Gasteiger partial charge is 0.481 e. The fourth-order valence-corrected chi connectivity index (χ4v) is 4.48. The van der Waals surface area contributed by atoms with Crippen LogP contribution in [0.25, 0.3) is 0 Å². The Bertz CT molecular complexity index is 511. The van der Waals surface area contributed by atoms with Crippen LogP contribution in [-0.2, 0) is 14.4 Å². The number of rotatable bonds is 24. The summed E-state index contributed by atoms with van der Waals surface area (Å²) in [4.78, 5) is 33.0. The molecule has 0 fully saturated rings. The van der Waals surface area contributed by atoms with Gasteiger partial charge >= 0.3 is 17.9 Å². The number of allylic oxidation sites excluding steroid dienone is 2. The Morgan fingerprint density at radius 2 is 0.879 bits per heavy atom. The van der Waals surface area contributed by atoms with E-state index in [-0.39, 0.29) is 19.3 Å². The molecule has 0 saturated carbocycles. The summed E-state index contributed by atoms with van der Waals surface area (Å²) >= 11 is 0. The Labute approximate surface area is 200 Å². The molecule has 0 amide bonds. The van der Waals surface area contributed by atoms with Gasteiger partial charge in [-0.1, -0.05) is 50.7 Å². The third-order valence-corrected chi connectivity index (χ3v) is 6.31. The van der Waals surface area contributed by atoms with Gasteiger partial charge in [0.2, 0.25) is 0 Å². The van der Waals surface area contributed by atoms with Crippen molar-refractivity contribution < 1.29 is 34.2 Å². The predicted molar refractivity (Wildman–Crippen MR) is 131 cm³/mol. The molecule has 3 N–H and O–H groups in total. The molecule has 7 heteroatoms. The Hall–Kier alpha value is -1.89. The first-order chi connectivity index (χ1) is 15.8. The molecule has 0 rings (SSSR count). The van der Waals surface area contributed by atoms with Crippen LogP contribution in [0.2, 0.25) is 0 Å². The van der Waals surface area contributed by atoms with Gasteiger partial charge in [0.05, 0.1) is 45.4 Å². The Morgan fingerprint density at radius 3 is 1.24 bits per heavy atom. The Balaban J connectivity index is 4.49. The summed E-state index contributed by atoms with van der Waals surface area (Å²) in [6, 6.07) is 0. The Kier molecular flexibility index (Phi) is 19.5. The molecule has 0 aromatic heterocycles. The van der Waals surface area contributed by atoms with Crippen molar-refractivity contribution in [3.8, 4) is 0 Å². The van der Waals surface area contributed by atoms with Gasteiger partial charge in [-0.15, -0.1) is 0 Å². The molecule has 192 valence electrons. The van der Waals surface area contributed by atoms with E-state index in [1.807, 2.05) is 0 Å². The quantitative estimate of drug-likeness (QED) is 0.0923. The molecule has 0 bridgehead atoms. The molecule has 0 spiro atoms. The van der Waals surface area contributed by atoms with Crippen molar-refractivity contribution in [3.63, 3.8) is 0 Å². The third kappa shape index (κ3) is 20.4. The van der Waals surface area contributed by atoms with E-state index in [2.05, 4.69) is 19.1 Å². The smallest absolute Gasteiger partial charge is 0.303 e. The van der Waals surface area contributed by atoms with Crippen LogP contribution in [0.4, 0.5) is 0 Å². The zero-order valence-electron chi connectivity index (χ0n) is 20.8. The Morgan fingerprint density at radius 1 is 0.545 bits per heavy atom. The van der Waals surface area contributed by atoms with Crippen LogP contribution in [0.3, 0.4) is 0 Å². The fourth-order valence-electron chi connectivity index (χ4n) is 4.48. The predicted octanol–water partition coefficient (Wildman–Crippen LogP) is 5.87. The van der Waals surface area contributed by atoms with Crippen molar-refractivity contribution >= 4 is 17.9 Å². The molecule has 0 aliphatic heterocycles. The summed E-state index contributed by atoms with van der Waals surface area (Å²) in [6.45, 7) is 4.92. The number of carbonyl (C=O) groups is 3. The van der Waals surface area contributed by atoms with E-state index in [0.29, 0.717) is 43.4 Å². The van der Waals surface area contributed by atoms with Crippen molar-refractivity contribution in [1.82, 2.24) is 0 Å². The molecule has 0 aromatic rings. The topological polar surface area (TPSA) is 112 Å². The van der Waals surface area contributed by atoms with Crippen molar-refractivity contribution in [3.05, 3.63) is 12.2 Å². The SMILES string of the molecule is C/C=C/CCCCCCCCCCC[N+](CCCC(=O)O)(CCCC(=O)O)CCCC(=O)O. The standard InChI is InChI=1S/C26H47NO6/c1-2-3-4-5-6-7-8-9-10-11-12-13-20-27(21-14-17-24(28)29,22-15-18-25(30)31)23-16-19-26(32)33/h2-3H,4-23H2,1H3,(H2-,28,29,30,31,32,33)/p+1/b3-2+. The summed E-state index contributed by atoms with van der Waals surface area (Å²) in [5.41, 5.74) is 0. The lowest BCUT2D eigenvalue weighted by Crippen LogP contribution is -2.51. The van der Waals surface area contributed by atoms with Crippen LogP contribution in [0.1, 0.15) is 110 Å². The fraction of sp³-hybridized carbons (Fsp3) is 0.808. The maximum absolute atomic E-state index is 11.0. The summed E-state index contributed by atoms with van der Waals surface area (Å²) in [5.74, 6) is -2.48. The minimum atomic E-state index is -0.828. The van der Waals surface area contributed by atoms with Crippen LogP contribution >= 0.6 is 0 Å². The molecule has 0 saturated heterocycles. The van der Waals surface area contributed by atoms with E-state index in [0.717, 1.165) is 19.4 Å². The van der Waals surface area contributed by atoms with Gasteiger partial charge in [-0.25, -0.2) is 0 Å². The number of carboxylic acid groups (broad SMARTS) is 3. The number of hydrogen-bond donors (Lipinski definition) is 3. The van der Waals surface area contributed by atoms with Crippen LogP contribution in [0.15, 0.2) is 12.2 Å². The van der Waals surface area contributed by atoms with Crippen molar-refractivity contribution in [1.29, 1.82) is 0 Å². The molecule has 0 heterocycles. The van der Waals surface area contributed by atoms with E-state index in [9.17, 15) is 14.4 Å². The normalized spacial score (nSPS) is 11.8. The molecule has 0 unspecified atom stereocenters. The molecule has 33 heavy (non-hydrogen) atoms. The van der Waals surface area contributed by atoms with Gasteiger partial charge in [-0.2, -0.15) is 0 Å². The second-order valence-electron chi connectivity index (χ2n) is 9.27. The van der Waals surface area contributed by atoms with Gasteiger partial charge < -0.3 is 19.8 Å². The lowest BCUT2D eigenvalue weighted by molar-refractivity contribution is -0.929. The second kappa shape index (κ2) is 20.7. The molecule has 0 radical (unpaired) electrons. The lowest BCUT2D eigenvalue weighted by atomic mass is 10.1. The average Bonchev–Trinajstić information content (AvgIpc) is 2.73. The maximum atomic E-state index is 11.0. The zero-order chi connectivity index (χ0) is 24.8. The highest BCUT2D eigenvalue weighted by Gasteiger charge is 2.27. The van der Waals surface area contributed by atoms with Gasteiger partial charge in [0.1, 0.15) is 0 Å². The number of nitrogens with zero attached hydrogens (tertiary/aromatic N) is 1. The zero-order valence-corrected chi connectivity index (χ0v) is 20.8. The van der Waals surface area contributed by atoms with E-state index in [1.54, 1.807) is 0 Å². The molecule has 0 aliphatic carbocycles. The summed E-state index contributed by atoms with van der Waals surface area (Å²) in [5, 5.41) is 27.1. The van der Waals surface area contributed by atoms with Crippen molar-refractivity contribution in [2.75, 3.05) is 26.2 Å². The number of unbranched alkanes of at least 4 members (excludes halogenated alkanes) is 9. The highest BCUT2D eigenvalue weighted by atomic mass is 16.4. The van der Waals surface area contributed by atoms with Crippen molar-refractivity contribution in [2.45, 2.75) is 110 Å². The molecule has 0 atom stereocenters. The molecule has 0 aromatic carbocycles. The van der Waals surface area contributed by atoms with Gasteiger partial charge in [-0.05, 0) is 32.6 Å². The van der Waals surface area contributed by atoms with Gasteiger partial charge in [0.25, 0.3) is 0 Å². The number of quaternary nitrogens is 1. The van der Waals surface area contributed by atoms with E-state index in [1.165, 1.54) is 51.4 Å². The van der Waals surface area contributed by atoms with E-state index in [4.69, 9.17) is 15.3 Å². The monoisotopic (exact) mass is 470 g/mol. The highest BCUT2D eigenvalue weighted by Crippen LogP contribution is 2.18. The molecule has 7 nitrogen and oxygen atoms in total. The van der Waals surface area contributed by atoms with Crippen molar-refractivity contribution in [2.24, 2.45) is 0 Å². The summed E-state index contributed by atoms with van der Waals surface area (Å²) in [7, 11) is 0. The van der Waals surface area contributed by atoms with Gasteiger partial charge in [0, 0.05) is 19.3 Å². The number of hydrogen-bond acceptors (Lipinski definition) is 3. The number of aliphatic carboxylic acids is 3. The first kappa shape index (κ1) is 31.1. The summed E-state index contributed by atoms with van der Waals surface area (Å²) < 4.78 is 0.639. The van der Waals surface area contributed by atoms with Gasteiger partial charge in [-0.3, -0.25) is 14.4 Å². The summed E-state index contributed by atoms with van der Waals surface area (Å²) in [6.07, 6.45) is 18.3. The van der Waals surface area contributed by atoms with Gasteiger partial charge in [0.15, 0.2) is 0 Å². The molecular weight excluding hydrogens is 422 g/mol. The first-order valence-corrected chi connectivity index (χ1v) is 12.9. The molecular formula is C26H48NO6+. The lowest BCUT2D eigenvalue weighted by Gasteiger charge is -2.39. The van der Waals surface area contributed by atoms with Crippen LogP contribution in [0, 0.1) is 0 Å². The third-order valence-electron chi connectivity index (χ3n) is 6.31. The van der Waals surface area contributed by atoms with Crippen LogP contribution in [-0.4, -0.2) is 63.9 Å². The second-order valence-corrected chi connectivity index (χ2v) is 9.27. The number of carboxylic acids is 3.